The van der Waals surface area contributed by atoms with Crippen LogP contribution in [-0.4, -0.2) is 55.3 Å². The Bertz CT molecular complexity index is 1180. The number of hydrogen-bond acceptors (Lipinski definition) is 5. The van der Waals surface area contributed by atoms with Gasteiger partial charge in [0.2, 0.25) is 0 Å². The van der Waals surface area contributed by atoms with Crippen molar-refractivity contribution in [3.63, 3.8) is 0 Å². The van der Waals surface area contributed by atoms with Gasteiger partial charge in [-0.3, -0.25) is 0 Å². The zero-order valence-corrected chi connectivity index (χ0v) is 38.9. The molecule has 1 unspecified atom stereocenters. The molecule has 0 N–H and O–H groups in total. The molecule has 0 radical (unpaired) electrons. The van der Waals surface area contributed by atoms with Crippen molar-refractivity contribution in [2.45, 2.75) is 207 Å². The maximum absolute atomic E-state index is 13.5. The van der Waals surface area contributed by atoms with Crippen molar-refractivity contribution in [2.24, 2.45) is 23.2 Å². The topological polar surface area (TPSA) is 54.0 Å². The van der Waals surface area contributed by atoms with Gasteiger partial charge in [-0.2, -0.15) is 0 Å². The number of hydrogen-bond donors (Lipinski definition) is 0. The molecule has 50 heavy (non-hydrogen) atoms. The number of carbonyl (C=O) groups is 1. The summed E-state index contributed by atoms with van der Waals surface area (Å²) in [5, 5.41) is 0.369. The molecule has 3 aliphatic rings. The largest absolute Gasteiger partial charge is 0.463 e. The predicted octanol–water partition coefficient (Wildman–Crippen LogP) is 12.6. The van der Waals surface area contributed by atoms with E-state index in [0.717, 1.165) is 19.3 Å². The summed E-state index contributed by atoms with van der Waals surface area (Å²) in [7, 11) is -5.73. The van der Waals surface area contributed by atoms with E-state index < -0.39 is 30.6 Å². The fraction of sp³-hybridized carbons (Fsp3) is 0.881. The van der Waals surface area contributed by atoms with Crippen LogP contribution in [-0.2, 0) is 22.8 Å². The SMILES string of the molecule is CCC(CC)(O[Si](C)(C)C)C(=O)OC[C@@H](C)[C@H]1CCC2C(=CC=C3C[C@@H](O[Si](C)(C)C(C)(C)C)C[C@H](O[Si](C)(C)C(C)(C)C)C3)CCC[C@@]21C. The fourth-order valence-electron chi connectivity index (χ4n) is 8.84. The third-order valence-corrected chi connectivity index (χ3v) is 23.9. The molecule has 5 nitrogen and oxygen atoms in total. The molecule has 0 aromatic carbocycles. The predicted molar refractivity (Wildman–Crippen MR) is 220 cm³/mol. The molecular formula is C42H80O5Si3. The molecule has 0 heterocycles. The summed E-state index contributed by atoms with van der Waals surface area (Å²) < 4.78 is 26.8. The summed E-state index contributed by atoms with van der Waals surface area (Å²) >= 11 is 0. The molecule has 3 fully saturated rings. The van der Waals surface area contributed by atoms with Crippen LogP contribution in [0.2, 0.25) is 55.9 Å². The molecule has 6 atom stereocenters. The number of esters is 1. The summed E-state index contributed by atoms with van der Waals surface area (Å²) in [5.41, 5.74) is 2.55. The molecule has 0 saturated heterocycles. The second kappa shape index (κ2) is 16.1. The Morgan fingerprint density at radius 2 is 1.38 bits per heavy atom. The molecule has 0 spiro atoms. The Morgan fingerprint density at radius 3 is 1.84 bits per heavy atom. The maximum Gasteiger partial charge on any atom is 0.337 e. The van der Waals surface area contributed by atoms with Crippen molar-refractivity contribution >= 4 is 30.9 Å². The highest BCUT2D eigenvalue weighted by atomic mass is 28.4. The summed E-state index contributed by atoms with van der Waals surface area (Å²) in [6.07, 6.45) is 15.9. The van der Waals surface area contributed by atoms with E-state index in [-0.39, 0.29) is 33.7 Å². The molecule has 3 saturated carbocycles. The molecule has 8 heteroatoms. The van der Waals surface area contributed by atoms with Crippen LogP contribution in [0.4, 0.5) is 0 Å². The van der Waals surface area contributed by atoms with E-state index in [1.165, 1.54) is 37.7 Å². The van der Waals surface area contributed by atoms with E-state index in [2.05, 4.69) is 127 Å². The van der Waals surface area contributed by atoms with Crippen molar-refractivity contribution in [1.82, 2.24) is 0 Å². The van der Waals surface area contributed by atoms with E-state index in [0.29, 0.717) is 37.2 Å². The van der Waals surface area contributed by atoms with E-state index in [1.54, 1.807) is 5.57 Å². The highest BCUT2D eigenvalue weighted by Crippen LogP contribution is 2.59. The van der Waals surface area contributed by atoms with Gasteiger partial charge in [0.05, 0.1) is 18.8 Å². The van der Waals surface area contributed by atoms with Crippen LogP contribution >= 0.6 is 0 Å². The van der Waals surface area contributed by atoms with Crippen molar-refractivity contribution < 1.29 is 22.8 Å². The minimum absolute atomic E-state index is 0.161. The highest BCUT2D eigenvalue weighted by molar-refractivity contribution is 6.74. The van der Waals surface area contributed by atoms with E-state index in [9.17, 15) is 4.79 Å². The zero-order valence-electron chi connectivity index (χ0n) is 35.9. The van der Waals surface area contributed by atoms with Crippen LogP contribution < -0.4 is 0 Å². The van der Waals surface area contributed by atoms with Crippen LogP contribution in [0.15, 0.2) is 23.3 Å². The van der Waals surface area contributed by atoms with Gasteiger partial charge < -0.3 is 18.0 Å². The van der Waals surface area contributed by atoms with E-state index in [4.69, 9.17) is 18.0 Å². The molecule has 0 aromatic rings. The quantitative estimate of drug-likeness (QED) is 0.139. The Hall–Kier alpha value is -0.519. The minimum Gasteiger partial charge on any atom is -0.463 e. The number of carbonyl (C=O) groups excluding carboxylic acids is 1. The molecule has 3 rings (SSSR count). The molecule has 3 aliphatic carbocycles. The van der Waals surface area contributed by atoms with Crippen molar-refractivity contribution in [3.05, 3.63) is 23.3 Å². The van der Waals surface area contributed by atoms with Gasteiger partial charge in [0, 0.05) is 0 Å². The summed E-state index contributed by atoms with van der Waals surface area (Å²) in [5.74, 6) is 1.31. The third kappa shape index (κ3) is 10.4. The Morgan fingerprint density at radius 1 is 0.860 bits per heavy atom. The van der Waals surface area contributed by atoms with Gasteiger partial charge in [-0.1, -0.05) is 92.5 Å². The first-order valence-electron chi connectivity index (χ1n) is 20.3. The van der Waals surface area contributed by atoms with Crippen LogP contribution in [0.5, 0.6) is 0 Å². The average molecular weight is 749 g/mol. The molecule has 0 amide bonds. The fourth-order valence-corrected chi connectivity index (χ4v) is 13.1. The van der Waals surface area contributed by atoms with Gasteiger partial charge in [-0.25, -0.2) is 4.79 Å². The Kier molecular flexibility index (Phi) is 14.1. The van der Waals surface area contributed by atoms with Crippen LogP contribution in [0.3, 0.4) is 0 Å². The lowest BCUT2D eigenvalue weighted by Gasteiger charge is -2.45. The second-order valence-electron chi connectivity index (χ2n) is 20.8. The first-order valence-corrected chi connectivity index (χ1v) is 29.5. The first kappa shape index (κ1) is 43.9. The summed E-state index contributed by atoms with van der Waals surface area (Å²) in [6, 6.07) is 0. The zero-order chi connectivity index (χ0) is 38.1. The van der Waals surface area contributed by atoms with Gasteiger partial charge in [-0.15, -0.1) is 0 Å². The molecule has 0 aromatic heterocycles. The van der Waals surface area contributed by atoms with Gasteiger partial charge in [-0.05, 0) is 143 Å². The summed E-state index contributed by atoms with van der Waals surface area (Å²) in [4.78, 5) is 13.5. The first-order chi connectivity index (χ1) is 22.7. The minimum atomic E-state index is -1.91. The van der Waals surface area contributed by atoms with E-state index in [1.807, 2.05) is 0 Å². The van der Waals surface area contributed by atoms with Gasteiger partial charge >= 0.3 is 5.97 Å². The van der Waals surface area contributed by atoms with Gasteiger partial charge in [0.1, 0.15) is 0 Å². The normalized spacial score (nSPS) is 28.8. The third-order valence-electron chi connectivity index (χ3n) is 13.8. The Labute approximate surface area is 312 Å². The molecule has 0 bridgehead atoms. The van der Waals surface area contributed by atoms with E-state index >= 15 is 0 Å². The standard InChI is InChI=1S/C42H80O5Si3/c1-18-42(19-2,47-48(11,12)13)38(43)44-30-31(3)36-24-25-37-33(21-20-26-41(36,37)10)23-22-32-27-34(45-49(14,15)39(4,5)6)29-35(28-32)46-50(16,17)40(7,8)9/h22-23,31,34-37H,18-21,24-30H2,1-17H3/t31-,34-,35-,36-,37?,41-/m1/s1. The molecule has 290 valence electrons. The molecule has 0 aliphatic heterocycles. The van der Waals surface area contributed by atoms with Crippen molar-refractivity contribution in [3.8, 4) is 0 Å². The van der Waals surface area contributed by atoms with Crippen molar-refractivity contribution in [2.75, 3.05) is 6.61 Å². The average Bonchev–Trinajstić information content (AvgIpc) is 3.32. The monoisotopic (exact) mass is 749 g/mol. The number of rotatable bonds is 13. The smallest absolute Gasteiger partial charge is 0.337 e. The number of fused-ring (bicyclic) bond motifs is 1. The van der Waals surface area contributed by atoms with Crippen LogP contribution in [0, 0.1) is 23.2 Å². The lowest BCUT2D eigenvalue weighted by atomic mass is 9.61. The lowest BCUT2D eigenvalue weighted by molar-refractivity contribution is -0.166. The van der Waals surface area contributed by atoms with Crippen LogP contribution in [0.1, 0.15) is 133 Å². The van der Waals surface area contributed by atoms with Gasteiger partial charge in [0.15, 0.2) is 30.6 Å². The number of ether oxygens (including phenoxy) is 1. The second-order valence-corrected chi connectivity index (χ2v) is 34.7. The lowest BCUT2D eigenvalue weighted by Crippen LogP contribution is -2.49. The van der Waals surface area contributed by atoms with Crippen molar-refractivity contribution in [1.29, 1.82) is 0 Å². The maximum atomic E-state index is 13.5. The number of allylic oxidation sites excluding steroid dienone is 3. The summed E-state index contributed by atoms with van der Waals surface area (Å²) in [6.45, 7) is 39.6. The Balaban J connectivity index is 1.80. The molecular weight excluding hydrogens is 669 g/mol. The van der Waals surface area contributed by atoms with Crippen LogP contribution in [0.25, 0.3) is 0 Å². The van der Waals surface area contributed by atoms with Gasteiger partial charge in [0.25, 0.3) is 0 Å². The highest BCUT2D eigenvalue weighted by Gasteiger charge is 2.51.